The Morgan fingerprint density at radius 1 is 1.10 bits per heavy atom. The summed E-state index contributed by atoms with van der Waals surface area (Å²) >= 11 is 0.270. The van der Waals surface area contributed by atoms with Gasteiger partial charge in [-0.2, -0.15) is 13.9 Å². The number of thioether (sulfide) groups is 1. The Balaban J connectivity index is 1.77. The van der Waals surface area contributed by atoms with Crippen molar-refractivity contribution in [3.05, 3.63) is 83.9 Å². The number of halogens is 4. The lowest BCUT2D eigenvalue weighted by Crippen LogP contribution is -2.49. The highest BCUT2D eigenvalue weighted by Crippen LogP contribution is 2.49. The molecule has 1 heterocycles. The van der Waals surface area contributed by atoms with Crippen molar-refractivity contribution in [3.8, 4) is 0 Å². The molecule has 0 aliphatic heterocycles. The molecular formula is C21H21F4N3O2S. The molecule has 1 aromatic heterocycles. The summed E-state index contributed by atoms with van der Waals surface area (Å²) in [6.45, 7) is -0.199. The maximum Gasteiger partial charge on any atom is 0.328 e. The molecule has 10 heteroatoms. The summed E-state index contributed by atoms with van der Waals surface area (Å²) in [5, 5.41) is 0.232. The van der Waals surface area contributed by atoms with Gasteiger partial charge >= 0.3 is 5.25 Å². The monoisotopic (exact) mass is 455 g/mol. The molecule has 3 aromatic rings. The molecule has 0 spiro atoms. The Labute approximate surface area is 181 Å². The molecule has 5 nitrogen and oxygen atoms in total. The summed E-state index contributed by atoms with van der Waals surface area (Å²) < 4.78 is 70.9. The SMILES string of the molecule is COC(Cn1cncn1)(c1ccc(F)cc1F)C(F)(F)SCCOCc1ccccc1. The number of alkyl halides is 2. The molecule has 0 amide bonds. The van der Waals surface area contributed by atoms with E-state index >= 15 is 8.78 Å². The smallest absolute Gasteiger partial charge is 0.328 e. The van der Waals surface area contributed by atoms with Crippen molar-refractivity contribution in [1.82, 2.24) is 14.8 Å². The van der Waals surface area contributed by atoms with Gasteiger partial charge in [-0.05, 0) is 17.7 Å². The number of hydrogen-bond acceptors (Lipinski definition) is 5. The molecule has 166 valence electrons. The van der Waals surface area contributed by atoms with Crippen LogP contribution in [0.2, 0.25) is 0 Å². The lowest BCUT2D eigenvalue weighted by molar-refractivity contribution is -0.161. The molecule has 0 saturated heterocycles. The molecular weight excluding hydrogens is 434 g/mol. The van der Waals surface area contributed by atoms with Crippen molar-refractivity contribution in [2.75, 3.05) is 19.5 Å². The first kappa shape index (κ1) is 23.2. The van der Waals surface area contributed by atoms with E-state index in [9.17, 15) is 8.78 Å². The first-order valence-corrected chi connectivity index (χ1v) is 10.3. The van der Waals surface area contributed by atoms with Gasteiger partial charge in [0.15, 0.2) is 5.60 Å². The van der Waals surface area contributed by atoms with Crippen LogP contribution in [0.25, 0.3) is 0 Å². The molecule has 0 radical (unpaired) electrons. The second-order valence-corrected chi connectivity index (χ2v) is 7.86. The highest BCUT2D eigenvalue weighted by molar-refractivity contribution is 8.00. The minimum absolute atomic E-state index is 0.0458. The molecule has 3 rings (SSSR count). The number of benzene rings is 2. The predicted molar refractivity (Wildman–Crippen MR) is 109 cm³/mol. The topological polar surface area (TPSA) is 49.2 Å². The van der Waals surface area contributed by atoms with Crippen molar-refractivity contribution >= 4 is 11.8 Å². The van der Waals surface area contributed by atoms with Gasteiger partial charge in [0, 0.05) is 24.5 Å². The fourth-order valence-electron chi connectivity index (χ4n) is 3.10. The van der Waals surface area contributed by atoms with E-state index in [0.29, 0.717) is 6.07 Å². The van der Waals surface area contributed by atoms with Gasteiger partial charge in [-0.1, -0.05) is 42.1 Å². The van der Waals surface area contributed by atoms with Crippen molar-refractivity contribution in [2.24, 2.45) is 0 Å². The normalized spacial score (nSPS) is 13.8. The van der Waals surface area contributed by atoms with Gasteiger partial charge < -0.3 is 9.47 Å². The van der Waals surface area contributed by atoms with Gasteiger partial charge in [-0.25, -0.2) is 18.4 Å². The van der Waals surface area contributed by atoms with Gasteiger partial charge in [-0.3, -0.25) is 0 Å². The summed E-state index contributed by atoms with van der Waals surface area (Å²) in [6, 6.07) is 11.7. The first-order valence-electron chi connectivity index (χ1n) is 9.34. The van der Waals surface area contributed by atoms with Crippen molar-refractivity contribution < 1.29 is 27.0 Å². The van der Waals surface area contributed by atoms with Crippen LogP contribution in [0.1, 0.15) is 11.1 Å². The molecule has 0 saturated carbocycles. The summed E-state index contributed by atoms with van der Waals surface area (Å²) in [6.07, 6.45) is 2.39. The van der Waals surface area contributed by atoms with Crippen LogP contribution in [-0.2, 0) is 28.2 Å². The van der Waals surface area contributed by atoms with E-state index < -0.39 is 34.6 Å². The third kappa shape index (κ3) is 5.44. The number of ether oxygens (including phenoxy) is 2. The van der Waals surface area contributed by atoms with Crippen LogP contribution in [0.3, 0.4) is 0 Å². The van der Waals surface area contributed by atoms with Crippen LogP contribution in [0.4, 0.5) is 17.6 Å². The standard InChI is InChI=1S/C21H21F4N3O2S/c1-29-20(13-28-15-26-14-27-28,18-8-7-17(22)11-19(18)23)21(24,25)31-10-9-30-12-16-5-3-2-4-6-16/h2-8,11,14-15H,9-10,12-13H2,1H3. The van der Waals surface area contributed by atoms with Crippen molar-refractivity contribution in [2.45, 2.75) is 24.0 Å². The first-order chi connectivity index (χ1) is 14.9. The van der Waals surface area contributed by atoms with Crippen molar-refractivity contribution in [1.29, 1.82) is 0 Å². The van der Waals surface area contributed by atoms with Crippen molar-refractivity contribution in [3.63, 3.8) is 0 Å². The van der Waals surface area contributed by atoms with Crippen LogP contribution in [0.5, 0.6) is 0 Å². The van der Waals surface area contributed by atoms with Gasteiger partial charge in [-0.15, -0.1) is 0 Å². The molecule has 0 fully saturated rings. The zero-order chi connectivity index (χ0) is 22.3. The zero-order valence-electron chi connectivity index (χ0n) is 16.7. The summed E-state index contributed by atoms with van der Waals surface area (Å²) in [7, 11) is 1.06. The molecule has 31 heavy (non-hydrogen) atoms. The summed E-state index contributed by atoms with van der Waals surface area (Å²) in [5.41, 5.74) is -2.01. The van der Waals surface area contributed by atoms with E-state index in [-0.39, 0.29) is 30.7 Å². The number of rotatable bonds is 11. The van der Waals surface area contributed by atoms with Gasteiger partial charge in [0.1, 0.15) is 24.3 Å². The fourth-order valence-corrected chi connectivity index (χ4v) is 4.04. The van der Waals surface area contributed by atoms with Crippen LogP contribution in [-0.4, -0.2) is 39.5 Å². The van der Waals surface area contributed by atoms with E-state index in [2.05, 4.69) is 10.1 Å². The molecule has 0 bridgehead atoms. The Morgan fingerprint density at radius 3 is 2.52 bits per heavy atom. The lowest BCUT2D eigenvalue weighted by atomic mass is 9.92. The molecule has 1 unspecified atom stereocenters. The largest absolute Gasteiger partial charge is 0.376 e. The van der Waals surface area contributed by atoms with Crippen LogP contribution >= 0.6 is 11.8 Å². The Bertz CT molecular complexity index is 961. The number of nitrogens with zero attached hydrogens (tertiary/aromatic N) is 3. The van der Waals surface area contributed by atoms with Gasteiger partial charge in [0.05, 0.1) is 19.8 Å². The fraction of sp³-hybridized carbons (Fsp3) is 0.333. The van der Waals surface area contributed by atoms with Crippen LogP contribution in [0, 0.1) is 11.6 Å². The number of hydrogen-bond donors (Lipinski definition) is 0. The third-order valence-corrected chi connectivity index (χ3v) is 5.72. The van der Waals surface area contributed by atoms with Crippen LogP contribution < -0.4 is 0 Å². The van der Waals surface area contributed by atoms with Crippen LogP contribution in [0.15, 0.2) is 61.2 Å². The van der Waals surface area contributed by atoms with Gasteiger partial charge in [0.2, 0.25) is 0 Å². The Hall–Kier alpha value is -2.43. The average Bonchev–Trinajstić information content (AvgIpc) is 3.26. The molecule has 0 N–H and O–H groups in total. The second-order valence-electron chi connectivity index (χ2n) is 6.65. The second kappa shape index (κ2) is 10.3. The molecule has 0 aliphatic carbocycles. The predicted octanol–water partition coefficient (Wildman–Crippen LogP) is 4.64. The van der Waals surface area contributed by atoms with E-state index in [1.165, 1.54) is 12.7 Å². The lowest BCUT2D eigenvalue weighted by Gasteiger charge is -2.39. The highest BCUT2D eigenvalue weighted by Gasteiger charge is 2.57. The van der Waals surface area contributed by atoms with E-state index in [1.54, 1.807) is 0 Å². The molecule has 0 aliphatic rings. The van der Waals surface area contributed by atoms with E-state index in [0.717, 1.165) is 29.5 Å². The third-order valence-electron chi connectivity index (χ3n) is 4.66. The molecule has 1 atom stereocenters. The summed E-state index contributed by atoms with van der Waals surface area (Å²) in [4.78, 5) is 3.74. The van der Waals surface area contributed by atoms with E-state index in [1.807, 2.05) is 30.3 Å². The maximum absolute atomic E-state index is 15.5. The minimum atomic E-state index is -3.61. The average molecular weight is 455 g/mol. The number of aromatic nitrogens is 3. The molecule has 2 aromatic carbocycles. The number of methoxy groups -OCH3 is 1. The minimum Gasteiger partial charge on any atom is -0.376 e. The van der Waals surface area contributed by atoms with Gasteiger partial charge in [0.25, 0.3) is 0 Å². The summed E-state index contributed by atoms with van der Waals surface area (Å²) in [5.74, 6) is -2.09. The Kier molecular flexibility index (Phi) is 7.69. The maximum atomic E-state index is 15.5. The highest BCUT2D eigenvalue weighted by atomic mass is 32.2. The Morgan fingerprint density at radius 2 is 1.87 bits per heavy atom. The quantitative estimate of drug-likeness (QED) is 0.311. The van der Waals surface area contributed by atoms with E-state index in [4.69, 9.17) is 9.47 Å². The zero-order valence-corrected chi connectivity index (χ0v) is 17.5.